The summed E-state index contributed by atoms with van der Waals surface area (Å²) in [5, 5.41) is 77.5. The Morgan fingerprint density at radius 3 is 2.19 bits per heavy atom. The van der Waals surface area contributed by atoms with Gasteiger partial charge in [0, 0.05) is 25.4 Å². The highest BCUT2D eigenvalue weighted by molar-refractivity contribution is 5.92. The van der Waals surface area contributed by atoms with E-state index in [1.165, 1.54) is 0 Å². The first-order valence-corrected chi connectivity index (χ1v) is 15.8. The van der Waals surface area contributed by atoms with E-state index < -0.39 is 116 Å². The van der Waals surface area contributed by atoms with E-state index in [-0.39, 0.29) is 31.8 Å². The van der Waals surface area contributed by atoms with Crippen LogP contribution in [0, 0.1) is 5.92 Å². The van der Waals surface area contributed by atoms with E-state index in [0.717, 1.165) is 0 Å². The monoisotopic (exact) mass is 680 g/mol. The first-order valence-electron chi connectivity index (χ1n) is 15.8. The van der Waals surface area contributed by atoms with Crippen LogP contribution in [0.2, 0.25) is 0 Å². The highest BCUT2D eigenvalue weighted by Crippen LogP contribution is 2.43. The Kier molecular flexibility index (Phi) is 12.9. The van der Waals surface area contributed by atoms with Crippen LogP contribution in [0.1, 0.15) is 25.7 Å². The largest absolute Gasteiger partial charge is 0.394 e. The molecule has 0 aromatic rings. The van der Waals surface area contributed by atoms with Gasteiger partial charge in [0.15, 0.2) is 24.3 Å². The molecule has 0 aromatic carbocycles. The number of hydrogen-bond donors (Lipinski definition) is 14. The lowest BCUT2D eigenvalue weighted by atomic mass is 9.76. The second kappa shape index (κ2) is 15.9. The van der Waals surface area contributed by atoms with Gasteiger partial charge in [-0.05, 0) is 31.8 Å². The SMILES string of the molecule is NCCCNC[C@H]1O[C@H](OC2[C@@H](N)C[C@@H](CC(=O)C3(O)CC3N=C(N)N)[C@H](O[C@H]3O[C@H](CO)[C@@H](O)[C@H](N)[C@H]3O)[C@H]2O)[C@H](N)[C@@H](O)[C@@H]1O. The molecule has 20 N–H and O–H groups in total. The molecule has 2 heterocycles. The summed E-state index contributed by atoms with van der Waals surface area (Å²) in [6.45, 7) is 0.426. The van der Waals surface area contributed by atoms with Gasteiger partial charge in [-0.1, -0.05) is 0 Å². The molecule has 20 heteroatoms. The van der Waals surface area contributed by atoms with Gasteiger partial charge in [-0.25, -0.2) is 4.99 Å². The summed E-state index contributed by atoms with van der Waals surface area (Å²) < 4.78 is 23.5. The molecule has 4 rings (SSSR count). The average molecular weight is 681 g/mol. The van der Waals surface area contributed by atoms with Gasteiger partial charge in [0.25, 0.3) is 0 Å². The number of rotatable bonds is 14. The van der Waals surface area contributed by atoms with Crippen LogP contribution in [-0.4, -0.2) is 171 Å². The Morgan fingerprint density at radius 1 is 0.894 bits per heavy atom. The molecule has 0 amide bonds. The highest BCUT2D eigenvalue weighted by Gasteiger charge is 2.60. The number of nitrogens with two attached hydrogens (primary N) is 6. The fourth-order valence-electron chi connectivity index (χ4n) is 6.45. The van der Waals surface area contributed by atoms with Gasteiger partial charge in [-0.3, -0.25) is 4.79 Å². The molecule has 20 nitrogen and oxygen atoms in total. The normalized spacial score (nSPS) is 47.0. The van der Waals surface area contributed by atoms with Crippen molar-refractivity contribution in [2.24, 2.45) is 45.3 Å². The van der Waals surface area contributed by atoms with E-state index >= 15 is 0 Å². The third kappa shape index (κ3) is 8.37. The summed E-state index contributed by atoms with van der Waals surface area (Å²) in [6.07, 6.45) is -15.1. The lowest BCUT2D eigenvalue weighted by Gasteiger charge is -2.49. The first-order chi connectivity index (χ1) is 22.1. The molecule has 0 spiro atoms. The molecule has 17 atom stereocenters. The number of ketones is 1. The Bertz CT molecular complexity index is 1080. The number of carbonyl (C=O) groups is 1. The molecular weight excluding hydrogens is 628 g/mol. The smallest absolute Gasteiger partial charge is 0.186 e. The molecule has 0 aromatic heterocycles. The summed E-state index contributed by atoms with van der Waals surface area (Å²) in [5.74, 6) is -1.84. The molecule has 272 valence electrons. The summed E-state index contributed by atoms with van der Waals surface area (Å²) in [6, 6.07) is -4.38. The summed E-state index contributed by atoms with van der Waals surface area (Å²) in [7, 11) is 0. The number of guanidine groups is 1. The molecule has 2 aliphatic carbocycles. The van der Waals surface area contributed by atoms with Crippen LogP contribution in [0.15, 0.2) is 4.99 Å². The molecular formula is C27H52N8O12. The van der Waals surface area contributed by atoms with Gasteiger partial charge < -0.3 is 94.4 Å². The average Bonchev–Trinajstić information content (AvgIpc) is 3.68. The molecule has 0 bridgehead atoms. The number of nitrogens with zero attached hydrogens (tertiary/aromatic N) is 1. The van der Waals surface area contributed by atoms with Crippen molar-refractivity contribution in [2.75, 3.05) is 26.2 Å². The fraction of sp³-hybridized carbons (Fsp3) is 0.926. The zero-order valence-electron chi connectivity index (χ0n) is 26.0. The number of hydrogen-bond acceptors (Lipinski definition) is 18. The lowest BCUT2D eigenvalue weighted by molar-refractivity contribution is -0.323. The number of carbonyl (C=O) groups excluding carboxylic acids is 1. The maximum Gasteiger partial charge on any atom is 0.186 e. The van der Waals surface area contributed by atoms with Crippen LogP contribution < -0.4 is 39.7 Å². The minimum atomic E-state index is -1.85. The predicted molar refractivity (Wildman–Crippen MR) is 162 cm³/mol. The molecule has 47 heavy (non-hydrogen) atoms. The lowest BCUT2D eigenvalue weighted by Crippen LogP contribution is -2.68. The minimum Gasteiger partial charge on any atom is -0.394 e. The highest BCUT2D eigenvalue weighted by atomic mass is 16.7. The maximum atomic E-state index is 13.3. The van der Waals surface area contributed by atoms with Gasteiger partial charge in [-0.15, -0.1) is 0 Å². The molecule has 2 saturated carbocycles. The zero-order chi connectivity index (χ0) is 34.8. The van der Waals surface area contributed by atoms with Crippen molar-refractivity contribution in [2.45, 2.75) is 123 Å². The molecule has 4 fully saturated rings. The third-order valence-corrected chi connectivity index (χ3v) is 9.44. The van der Waals surface area contributed by atoms with Crippen LogP contribution in [0.25, 0.3) is 0 Å². The van der Waals surface area contributed by atoms with E-state index in [1.807, 2.05) is 0 Å². The first kappa shape index (κ1) is 38.1. The van der Waals surface area contributed by atoms with Crippen molar-refractivity contribution in [1.82, 2.24) is 5.32 Å². The van der Waals surface area contributed by atoms with E-state index in [0.29, 0.717) is 19.5 Å². The van der Waals surface area contributed by atoms with Crippen LogP contribution in [-0.2, 0) is 23.7 Å². The third-order valence-electron chi connectivity index (χ3n) is 9.44. The van der Waals surface area contributed by atoms with E-state index in [4.69, 9.17) is 53.3 Å². The van der Waals surface area contributed by atoms with Crippen molar-refractivity contribution in [3.63, 3.8) is 0 Å². The van der Waals surface area contributed by atoms with Gasteiger partial charge in [-0.2, -0.15) is 0 Å². The zero-order valence-corrected chi connectivity index (χ0v) is 26.0. The van der Waals surface area contributed by atoms with Crippen molar-refractivity contribution < 1.29 is 59.5 Å². The van der Waals surface area contributed by atoms with Gasteiger partial charge in [0.05, 0.1) is 30.8 Å². The Morgan fingerprint density at radius 2 is 1.55 bits per heavy atom. The number of aliphatic hydroxyl groups excluding tert-OH is 6. The second-order valence-corrected chi connectivity index (χ2v) is 12.9. The summed E-state index contributed by atoms with van der Waals surface area (Å²) in [4.78, 5) is 17.1. The van der Waals surface area contributed by atoms with Crippen molar-refractivity contribution in [3.05, 3.63) is 0 Å². The van der Waals surface area contributed by atoms with Gasteiger partial charge in [0.1, 0.15) is 54.4 Å². The number of nitrogens with one attached hydrogen (secondary N) is 1. The topological polar surface area (TPSA) is 376 Å². The van der Waals surface area contributed by atoms with Crippen molar-refractivity contribution >= 4 is 11.7 Å². The predicted octanol–water partition coefficient (Wildman–Crippen LogP) is -8.32. The van der Waals surface area contributed by atoms with Crippen LogP contribution >= 0.6 is 0 Å². The fourth-order valence-corrected chi connectivity index (χ4v) is 6.45. The second-order valence-electron chi connectivity index (χ2n) is 12.9. The van der Waals surface area contributed by atoms with Crippen LogP contribution in [0.4, 0.5) is 0 Å². The van der Waals surface area contributed by atoms with Crippen LogP contribution in [0.5, 0.6) is 0 Å². The van der Waals surface area contributed by atoms with Crippen molar-refractivity contribution in [3.8, 4) is 0 Å². The minimum absolute atomic E-state index is 0.0228. The van der Waals surface area contributed by atoms with E-state index in [9.17, 15) is 40.5 Å². The standard InChI is InChI=1S/C27H52N8O12/c28-2-1-3-34-7-11-18(39)19(40)16(31)24(44-11)47-23-10(29)4-9(5-14(37)27(43)6-13(27)35-26(32)33)22(21(23)42)46-25-20(41)15(30)17(38)12(8-36)45-25/h9-13,15-25,34,36,38-43H,1-8,28-31H2,(H4,32,33,35)/t9-,10-,11+,12+,13?,15-,16+,17+,18+,19+,20+,21+,22-,23?,24+,25+,27?/m0/s1. The summed E-state index contributed by atoms with van der Waals surface area (Å²) >= 11 is 0. The van der Waals surface area contributed by atoms with E-state index in [2.05, 4.69) is 10.3 Å². The van der Waals surface area contributed by atoms with Crippen molar-refractivity contribution in [1.29, 1.82) is 0 Å². The Hall–Kier alpha value is -1.70. The van der Waals surface area contributed by atoms with Crippen LogP contribution in [0.3, 0.4) is 0 Å². The number of Topliss-reactive ketones (excluding diaryl/α,β-unsaturated/α-hetero) is 1. The molecule has 0 radical (unpaired) electrons. The Balaban J connectivity index is 1.54. The Labute approximate surface area is 271 Å². The number of aliphatic hydroxyl groups is 7. The molecule has 4 aliphatic rings. The molecule has 2 aliphatic heterocycles. The number of aliphatic imine (C=N–C) groups is 1. The quantitative estimate of drug-likeness (QED) is 0.0460. The maximum absolute atomic E-state index is 13.3. The van der Waals surface area contributed by atoms with Gasteiger partial charge >= 0.3 is 0 Å². The van der Waals surface area contributed by atoms with Gasteiger partial charge in [0.2, 0.25) is 0 Å². The molecule has 3 unspecified atom stereocenters. The molecule has 2 saturated heterocycles. The number of ether oxygens (including phenoxy) is 4. The summed E-state index contributed by atoms with van der Waals surface area (Å²) in [5.41, 5.74) is 33.0. The van der Waals surface area contributed by atoms with E-state index in [1.54, 1.807) is 0 Å².